The van der Waals surface area contributed by atoms with E-state index in [1.807, 2.05) is 0 Å². The van der Waals surface area contributed by atoms with Crippen LogP contribution in [0.3, 0.4) is 0 Å². The van der Waals surface area contributed by atoms with E-state index in [9.17, 15) is 5.11 Å². The van der Waals surface area contributed by atoms with Crippen molar-refractivity contribution in [3.8, 4) is 0 Å². The first-order chi connectivity index (χ1) is 9.28. The Balaban J connectivity index is 1.79. The highest BCUT2D eigenvalue weighted by Crippen LogP contribution is 2.38. The molecule has 2 nitrogen and oxygen atoms in total. The minimum atomic E-state index is 0.105. The summed E-state index contributed by atoms with van der Waals surface area (Å²) in [5.41, 5.74) is 6.21. The molecule has 100 valence electrons. The van der Waals surface area contributed by atoms with Crippen LogP contribution in [-0.2, 0) is 0 Å². The van der Waals surface area contributed by atoms with Crippen molar-refractivity contribution in [2.24, 2.45) is 11.7 Å². The molecule has 1 fully saturated rings. The summed E-state index contributed by atoms with van der Waals surface area (Å²) in [6.45, 7) is 0.148. The van der Waals surface area contributed by atoms with Gasteiger partial charge in [-0.2, -0.15) is 0 Å². The van der Waals surface area contributed by atoms with Crippen molar-refractivity contribution in [3.05, 3.63) is 42.5 Å². The molecule has 0 amide bonds. The summed E-state index contributed by atoms with van der Waals surface area (Å²) in [5, 5.41) is 12.1. The Kier molecular flexibility index (Phi) is 3.78. The predicted octanol–water partition coefficient (Wildman–Crippen LogP) is 3.03. The molecule has 3 rings (SSSR count). The number of aliphatic hydroxyl groups excluding tert-OH is 1. The highest BCUT2D eigenvalue weighted by Gasteiger charge is 2.34. The molecule has 0 spiro atoms. The maximum absolute atomic E-state index is 9.55. The molecule has 3 N–H and O–H groups in total. The maximum atomic E-state index is 9.55. The van der Waals surface area contributed by atoms with Gasteiger partial charge in [0.2, 0.25) is 0 Å². The molecule has 0 saturated heterocycles. The van der Waals surface area contributed by atoms with Crippen LogP contribution in [0, 0.1) is 5.92 Å². The summed E-state index contributed by atoms with van der Waals surface area (Å²) >= 11 is 1.70. The average Bonchev–Trinajstić information content (AvgIpc) is 3.28. The molecule has 1 saturated carbocycles. The first-order valence-corrected chi connectivity index (χ1v) is 7.68. The van der Waals surface area contributed by atoms with Gasteiger partial charge in [-0.25, -0.2) is 0 Å². The molecule has 19 heavy (non-hydrogen) atoms. The summed E-state index contributed by atoms with van der Waals surface area (Å²) in [7, 11) is 0. The Morgan fingerprint density at radius 3 is 2.58 bits per heavy atom. The second kappa shape index (κ2) is 5.53. The first-order valence-electron chi connectivity index (χ1n) is 6.80. The summed E-state index contributed by atoms with van der Waals surface area (Å²) < 4.78 is 0. The van der Waals surface area contributed by atoms with Crippen molar-refractivity contribution in [2.45, 2.75) is 29.0 Å². The standard InChI is InChI=1S/C16H19NOS/c17-16(12-5-6-12)15(10-18)19-14-8-7-11-3-1-2-4-13(11)9-14/h1-4,7-9,12,15-16,18H,5-6,10,17H2. The first kappa shape index (κ1) is 13.0. The van der Waals surface area contributed by atoms with Gasteiger partial charge in [0.05, 0.1) is 6.61 Å². The molecule has 3 heteroatoms. The zero-order chi connectivity index (χ0) is 13.2. The number of thioether (sulfide) groups is 1. The molecule has 0 aromatic heterocycles. The van der Waals surface area contributed by atoms with Crippen LogP contribution in [0.1, 0.15) is 12.8 Å². The Bertz CT molecular complexity index is 567. The Labute approximate surface area is 118 Å². The number of benzene rings is 2. The molecular formula is C16H19NOS. The smallest absolute Gasteiger partial charge is 0.0568 e. The highest BCUT2D eigenvalue weighted by molar-refractivity contribution is 8.00. The number of aliphatic hydroxyl groups is 1. The third-order valence-corrected chi connectivity index (χ3v) is 5.08. The van der Waals surface area contributed by atoms with Gasteiger partial charge in [-0.1, -0.05) is 30.3 Å². The van der Waals surface area contributed by atoms with E-state index in [2.05, 4.69) is 42.5 Å². The van der Waals surface area contributed by atoms with Gasteiger partial charge in [0, 0.05) is 16.2 Å². The van der Waals surface area contributed by atoms with E-state index in [0.29, 0.717) is 5.92 Å². The van der Waals surface area contributed by atoms with Gasteiger partial charge in [0.25, 0.3) is 0 Å². The lowest BCUT2D eigenvalue weighted by molar-refractivity contribution is 0.277. The van der Waals surface area contributed by atoms with Gasteiger partial charge in [0.1, 0.15) is 0 Å². The zero-order valence-corrected chi connectivity index (χ0v) is 11.6. The van der Waals surface area contributed by atoms with Crippen molar-refractivity contribution in [2.75, 3.05) is 6.61 Å². The van der Waals surface area contributed by atoms with E-state index in [-0.39, 0.29) is 17.9 Å². The number of hydrogen-bond acceptors (Lipinski definition) is 3. The Morgan fingerprint density at radius 1 is 1.16 bits per heavy atom. The van der Waals surface area contributed by atoms with Crippen LogP contribution in [0.4, 0.5) is 0 Å². The van der Waals surface area contributed by atoms with E-state index >= 15 is 0 Å². The zero-order valence-electron chi connectivity index (χ0n) is 10.8. The fourth-order valence-corrected chi connectivity index (χ4v) is 3.58. The molecule has 0 aliphatic heterocycles. The van der Waals surface area contributed by atoms with Crippen LogP contribution in [0.2, 0.25) is 0 Å². The Morgan fingerprint density at radius 2 is 1.89 bits per heavy atom. The van der Waals surface area contributed by atoms with Crippen molar-refractivity contribution >= 4 is 22.5 Å². The number of rotatable bonds is 5. The summed E-state index contributed by atoms with van der Waals surface area (Å²) in [6.07, 6.45) is 2.44. The lowest BCUT2D eigenvalue weighted by atomic mass is 10.1. The van der Waals surface area contributed by atoms with Crippen LogP contribution >= 0.6 is 11.8 Å². The molecule has 1 aliphatic carbocycles. The minimum absolute atomic E-state index is 0.105. The van der Waals surface area contributed by atoms with Gasteiger partial charge < -0.3 is 10.8 Å². The number of hydrogen-bond donors (Lipinski definition) is 2. The topological polar surface area (TPSA) is 46.2 Å². The molecule has 1 aliphatic rings. The monoisotopic (exact) mass is 273 g/mol. The molecule has 0 bridgehead atoms. The van der Waals surface area contributed by atoms with Crippen LogP contribution in [-0.4, -0.2) is 23.0 Å². The van der Waals surface area contributed by atoms with Crippen molar-refractivity contribution in [3.63, 3.8) is 0 Å². The predicted molar refractivity (Wildman–Crippen MR) is 81.4 cm³/mol. The van der Waals surface area contributed by atoms with Crippen LogP contribution in [0.15, 0.2) is 47.4 Å². The van der Waals surface area contributed by atoms with Gasteiger partial charge in [-0.3, -0.25) is 0 Å². The molecule has 2 unspecified atom stereocenters. The van der Waals surface area contributed by atoms with E-state index in [1.54, 1.807) is 11.8 Å². The summed E-state index contributed by atoms with van der Waals surface area (Å²) in [6, 6.07) is 14.9. The second-order valence-corrected chi connectivity index (χ2v) is 6.58. The van der Waals surface area contributed by atoms with Gasteiger partial charge in [0.15, 0.2) is 0 Å². The summed E-state index contributed by atoms with van der Waals surface area (Å²) in [4.78, 5) is 1.19. The van der Waals surface area contributed by atoms with Crippen molar-refractivity contribution < 1.29 is 5.11 Å². The lowest BCUT2D eigenvalue weighted by Gasteiger charge is -2.21. The quantitative estimate of drug-likeness (QED) is 0.823. The molecule has 2 aromatic rings. The van der Waals surface area contributed by atoms with Gasteiger partial charge >= 0.3 is 0 Å². The number of fused-ring (bicyclic) bond motifs is 1. The van der Waals surface area contributed by atoms with E-state index < -0.39 is 0 Å². The van der Waals surface area contributed by atoms with E-state index in [0.717, 1.165) is 0 Å². The van der Waals surface area contributed by atoms with Crippen LogP contribution < -0.4 is 5.73 Å². The Hall–Kier alpha value is -1.03. The molecule has 0 radical (unpaired) electrons. The molecule has 2 aromatic carbocycles. The fraction of sp³-hybridized carbons (Fsp3) is 0.375. The number of nitrogens with two attached hydrogens (primary N) is 1. The molecule has 0 heterocycles. The second-order valence-electron chi connectivity index (χ2n) is 5.26. The van der Waals surface area contributed by atoms with Crippen molar-refractivity contribution in [1.82, 2.24) is 0 Å². The molecule has 2 atom stereocenters. The average molecular weight is 273 g/mol. The van der Waals surface area contributed by atoms with E-state index in [1.165, 1.54) is 28.5 Å². The van der Waals surface area contributed by atoms with Gasteiger partial charge in [-0.05, 0) is 41.7 Å². The minimum Gasteiger partial charge on any atom is -0.395 e. The normalized spacial score (nSPS) is 18.4. The maximum Gasteiger partial charge on any atom is 0.0568 e. The highest BCUT2D eigenvalue weighted by atomic mass is 32.2. The van der Waals surface area contributed by atoms with E-state index in [4.69, 9.17) is 5.73 Å². The SMILES string of the molecule is NC(C1CC1)C(CO)Sc1ccc2ccccc2c1. The van der Waals surface area contributed by atoms with Crippen LogP contribution in [0.5, 0.6) is 0 Å². The fourth-order valence-electron chi connectivity index (χ4n) is 2.44. The molecular weight excluding hydrogens is 254 g/mol. The van der Waals surface area contributed by atoms with Crippen molar-refractivity contribution in [1.29, 1.82) is 0 Å². The third-order valence-electron chi connectivity index (χ3n) is 3.78. The lowest BCUT2D eigenvalue weighted by Crippen LogP contribution is -2.36. The van der Waals surface area contributed by atoms with Gasteiger partial charge in [-0.15, -0.1) is 11.8 Å². The largest absolute Gasteiger partial charge is 0.395 e. The van der Waals surface area contributed by atoms with Crippen LogP contribution in [0.25, 0.3) is 10.8 Å². The summed E-state index contributed by atoms with van der Waals surface area (Å²) in [5.74, 6) is 0.616. The third kappa shape index (κ3) is 2.94.